The summed E-state index contributed by atoms with van der Waals surface area (Å²) in [6.45, 7) is 4.76. The lowest BCUT2D eigenvalue weighted by molar-refractivity contribution is 0.173. The smallest absolute Gasteiger partial charge is 0.0787 e. The summed E-state index contributed by atoms with van der Waals surface area (Å²) in [5, 5.41) is 9.80. The van der Waals surface area contributed by atoms with E-state index in [1.54, 1.807) is 0 Å². The van der Waals surface area contributed by atoms with Crippen LogP contribution in [-0.2, 0) is 6.54 Å². The molecule has 1 atom stereocenters. The van der Waals surface area contributed by atoms with Gasteiger partial charge < -0.3 is 10.0 Å². The Morgan fingerprint density at radius 2 is 1.85 bits per heavy atom. The molecule has 3 nitrogen and oxygen atoms in total. The van der Waals surface area contributed by atoms with E-state index in [0.29, 0.717) is 0 Å². The number of aromatic nitrogens is 1. The molecule has 0 aliphatic carbocycles. The Morgan fingerprint density at radius 3 is 2.45 bits per heavy atom. The molecule has 0 amide bonds. The summed E-state index contributed by atoms with van der Waals surface area (Å²) in [5.41, 5.74) is 4.20. The van der Waals surface area contributed by atoms with Crippen LogP contribution in [0.25, 0.3) is 0 Å². The predicted molar refractivity (Wildman–Crippen MR) is 82.8 cm³/mol. The second kappa shape index (κ2) is 6.53. The summed E-state index contributed by atoms with van der Waals surface area (Å²) in [6, 6.07) is 14.1. The summed E-state index contributed by atoms with van der Waals surface area (Å²) in [4.78, 5) is 6.67. The van der Waals surface area contributed by atoms with E-state index in [9.17, 15) is 5.11 Å². The fourth-order valence-electron chi connectivity index (χ4n) is 2.21. The number of anilines is 1. The van der Waals surface area contributed by atoms with Gasteiger partial charge in [-0.2, -0.15) is 0 Å². The third kappa shape index (κ3) is 3.58. The zero-order chi connectivity index (χ0) is 14.5. The third-order valence-electron chi connectivity index (χ3n) is 3.45. The van der Waals surface area contributed by atoms with Crippen molar-refractivity contribution < 1.29 is 5.11 Å². The largest absolute Gasteiger partial charge is 0.388 e. The van der Waals surface area contributed by atoms with Crippen LogP contribution in [0.1, 0.15) is 36.4 Å². The van der Waals surface area contributed by atoms with Crippen LogP contribution in [0.4, 0.5) is 5.69 Å². The maximum Gasteiger partial charge on any atom is 0.0787 e. The van der Waals surface area contributed by atoms with Crippen molar-refractivity contribution >= 4 is 5.69 Å². The minimum absolute atomic E-state index is 0.368. The number of benzene rings is 1. The zero-order valence-electron chi connectivity index (χ0n) is 12.4. The van der Waals surface area contributed by atoms with Crippen LogP contribution in [0.2, 0.25) is 0 Å². The molecule has 20 heavy (non-hydrogen) atoms. The number of rotatable bonds is 5. The van der Waals surface area contributed by atoms with Crippen molar-refractivity contribution in [2.75, 3.05) is 11.9 Å². The monoisotopic (exact) mass is 270 g/mol. The number of aliphatic hydroxyl groups is 1. The van der Waals surface area contributed by atoms with Crippen molar-refractivity contribution in [1.82, 2.24) is 4.98 Å². The van der Waals surface area contributed by atoms with Gasteiger partial charge in [-0.25, -0.2) is 0 Å². The normalized spacial score (nSPS) is 12.2. The van der Waals surface area contributed by atoms with E-state index < -0.39 is 0 Å². The maximum atomic E-state index is 9.80. The fourth-order valence-corrected chi connectivity index (χ4v) is 2.21. The van der Waals surface area contributed by atoms with E-state index >= 15 is 0 Å². The highest BCUT2D eigenvalue weighted by atomic mass is 16.3. The van der Waals surface area contributed by atoms with Gasteiger partial charge in [0, 0.05) is 18.4 Å². The maximum absolute atomic E-state index is 9.80. The van der Waals surface area contributed by atoms with Crippen LogP contribution in [0, 0.1) is 6.92 Å². The van der Waals surface area contributed by atoms with Gasteiger partial charge in [-0.1, -0.05) is 25.1 Å². The molecule has 3 heteroatoms. The number of nitrogens with zero attached hydrogens (tertiary/aromatic N) is 2. The molecule has 1 aromatic carbocycles. The van der Waals surface area contributed by atoms with Crippen molar-refractivity contribution in [2.24, 2.45) is 0 Å². The van der Waals surface area contributed by atoms with Gasteiger partial charge in [0.1, 0.15) is 0 Å². The van der Waals surface area contributed by atoms with E-state index in [-0.39, 0.29) is 6.10 Å². The van der Waals surface area contributed by atoms with Crippen molar-refractivity contribution in [2.45, 2.75) is 32.9 Å². The SMILES string of the molecule is CC[C@H](O)c1ccc(N(C)Cc2cccc(C)n2)cc1. The Labute approximate surface area is 120 Å². The number of aryl methyl sites for hydroxylation is 1. The van der Waals surface area contributed by atoms with E-state index in [1.807, 2.05) is 56.3 Å². The first-order valence-electron chi connectivity index (χ1n) is 7.02. The predicted octanol–water partition coefficient (Wildman–Crippen LogP) is 3.47. The lowest BCUT2D eigenvalue weighted by Crippen LogP contribution is -2.17. The van der Waals surface area contributed by atoms with Crippen molar-refractivity contribution in [3.63, 3.8) is 0 Å². The molecule has 2 rings (SSSR count). The number of pyridine rings is 1. The standard InChI is InChI=1S/C17H22N2O/c1-4-17(20)14-8-10-16(11-9-14)19(3)12-15-7-5-6-13(2)18-15/h5-11,17,20H,4,12H2,1-3H3/t17-/m0/s1. The highest BCUT2D eigenvalue weighted by Gasteiger charge is 2.07. The molecular weight excluding hydrogens is 248 g/mol. The minimum Gasteiger partial charge on any atom is -0.388 e. The average molecular weight is 270 g/mol. The van der Waals surface area contributed by atoms with Crippen LogP contribution in [0.15, 0.2) is 42.5 Å². The van der Waals surface area contributed by atoms with Gasteiger partial charge in [-0.15, -0.1) is 0 Å². The van der Waals surface area contributed by atoms with Crippen molar-refractivity contribution in [3.05, 3.63) is 59.4 Å². The first-order chi connectivity index (χ1) is 9.60. The molecule has 0 aliphatic heterocycles. The first kappa shape index (κ1) is 14.5. The van der Waals surface area contributed by atoms with Crippen LogP contribution < -0.4 is 4.90 Å². The van der Waals surface area contributed by atoms with Crippen LogP contribution in [0.5, 0.6) is 0 Å². The Balaban J connectivity index is 2.07. The van der Waals surface area contributed by atoms with Gasteiger partial charge in [0.2, 0.25) is 0 Å². The summed E-state index contributed by atoms with van der Waals surface area (Å²) in [7, 11) is 2.05. The second-order valence-electron chi connectivity index (χ2n) is 5.14. The molecule has 0 fully saturated rings. The molecule has 1 heterocycles. The molecule has 0 radical (unpaired) electrons. The summed E-state index contributed by atoms with van der Waals surface area (Å²) >= 11 is 0. The van der Waals surface area contributed by atoms with E-state index in [1.165, 1.54) is 0 Å². The Kier molecular flexibility index (Phi) is 4.74. The third-order valence-corrected chi connectivity index (χ3v) is 3.45. The second-order valence-corrected chi connectivity index (χ2v) is 5.14. The molecule has 0 aliphatic rings. The molecule has 0 saturated heterocycles. The fraction of sp³-hybridized carbons (Fsp3) is 0.353. The molecular formula is C17H22N2O. The molecule has 0 spiro atoms. The van der Waals surface area contributed by atoms with Gasteiger partial charge in [-0.3, -0.25) is 4.98 Å². The average Bonchev–Trinajstić information content (AvgIpc) is 2.46. The summed E-state index contributed by atoms with van der Waals surface area (Å²) in [5.74, 6) is 0. The molecule has 0 saturated carbocycles. The molecule has 0 bridgehead atoms. The van der Waals surface area contributed by atoms with Crippen LogP contribution in [0.3, 0.4) is 0 Å². The van der Waals surface area contributed by atoms with E-state index in [0.717, 1.165) is 35.6 Å². The van der Waals surface area contributed by atoms with Gasteiger partial charge in [0.05, 0.1) is 18.3 Å². The number of hydrogen-bond donors (Lipinski definition) is 1. The molecule has 0 unspecified atom stereocenters. The molecule has 106 valence electrons. The Bertz CT molecular complexity index is 551. The summed E-state index contributed by atoms with van der Waals surface area (Å²) in [6.07, 6.45) is 0.371. The lowest BCUT2D eigenvalue weighted by atomic mass is 10.1. The van der Waals surface area contributed by atoms with Crippen LogP contribution in [-0.4, -0.2) is 17.1 Å². The summed E-state index contributed by atoms with van der Waals surface area (Å²) < 4.78 is 0. The Morgan fingerprint density at radius 1 is 1.15 bits per heavy atom. The van der Waals surface area contributed by atoms with Crippen molar-refractivity contribution in [3.8, 4) is 0 Å². The quantitative estimate of drug-likeness (QED) is 0.903. The van der Waals surface area contributed by atoms with Gasteiger partial charge in [0.25, 0.3) is 0 Å². The van der Waals surface area contributed by atoms with Gasteiger partial charge in [0.15, 0.2) is 0 Å². The van der Waals surface area contributed by atoms with Crippen LogP contribution >= 0.6 is 0 Å². The van der Waals surface area contributed by atoms with E-state index in [4.69, 9.17) is 0 Å². The van der Waals surface area contributed by atoms with Gasteiger partial charge in [-0.05, 0) is 43.2 Å². The molecule has 1 aromatic heterocycles. The topological polar surface area (TPSA) is 36.4 Å². The minimum atomic E-state index is -0.368. The first-order valence-corrected chi connectivity index (χ1v) is 7.02. The van der Waals surface area contributed by atoms with Crippen molar-refractivity contribution in [1.29, 1.82) is 0 Å². The highest BCUT2D eigenvalue weighted by Crippen LogP contribution is 2.21. The Hall–Kier alpha value is -1.87. The molecule has 2 aromatic rings. The highest BCUT2D eigenvalue weighted by molar-refractivity contribution is 5.47. The molecule has 1 N–H and O–H groups in total. The number of hydrogen-bond acceptors (Lipinski definition) is 3. The van der Waals surface area contributed by atoms with Gasteiger partial charge >= 0.3 is 0 Å². The zero-order valence-corrected chi connectivity index (χ0v) is 12.4. The lowest BCUT2D eigenvalue weighted by Gasteiger charge is -2.20. The number of aliphatic hydroxyl groups excluding tert-OH is 1. The van der Waals surface area contributed by atoms with E-state index in [2.05, 4.69) is 16.9 Å².